The van der Waals surface area contributed by atoms with E-state index in [9.17, 15) is 19.2 Å². The van der Waals surface area contributed by atoms with E-state index < -0.39 is 23.0 Å². The van der Waals surface area contributed by atoms with Crippen LogP contribution in [0.5, 0.6) is 0 Å². The molecule has 5 saturated carbocycles. The van der Waals surface area contributed by atoms with Gasteiger partial charge in [-0.25, -0.2) is 0 Å². The monoisotopic (exact) mass is 1120 g/mol. The van der Waals surface area contributed by atoms with E-state index in [1.807, 2.05) is 36.8 Å². The van der Waals surface area contributed by atoms with Crippen molar-refractivity contribution in [3.8, 4) is 12.1 Å². The average molecular weight is 1120 g/mol. The van der Waals surface area contributed by atoms with Gasteiger partial charge in [0.15, 0.2) is 0 Å². The van der Waals surface area contributed by atoms with E-state index in [1.54, 1.807) is 27.7 Å². The molecule has 10 rings (SSSR count). The molecule has 22 heteroatoms. The number of methoxy groups -OCH3 is 1. The minimum atomic E-state index is -0.774. The van der Waals surface area contributed by atoms with E-state index >= 15 is 0 Å². The molecule has 6 N–H and O–H groups in total. The molecular weight excluding hydrogens is 1020 g/mol. The van der Waals surface area contributed by atoms with Gasteiger partial charge < -0.3 is 31.3 Å². The van der Waals surface area contributed by atoms with Crippen molar-refractivity contribution in [1.29, 1.82) is 10.5 Å². The minimum absolute atomic E-state index is 0. The SMILES string of the molecule is C.C1CC2CC2CN1.COC(=O)C1CC2CC2CN1CP.CPN(C)C(C)(C)C(=O)O.CPN(C)C(C)(C)C(=O)O.N#CC1CC2CC2CN1.N#CC1CC2CC2CN1CP.NC(=O)C1CC2CC2CN1CP. The molecule has 19 unspecified atom stereocenters. The van der Waals surface area contributed by atoms with Gasteiger partial charge in [-0.2, -0.15) is 10.5 Å². The number of primary amides is 1. The number of likely N-dealkylation sites (tertiary alicyclic amines) is 3. The summed E-state index contributed by atoms with van der Waals surface area (Å²) < 4.78 is 8.43. The maximum Gasteiger partial charge on any atom is 0.323 e. The predicted octanol–water partition coefficient (Wildman–Crippen LogP) is 5.54. The van der Waals surface area contributed by atoms with Crippen molar-refractivity contribution in [2.45, 2.75) is 135 Å². The van der Waals surface area contributed by atoms with Crippen molar-refractivity contribution in [1.82, 2.24) is 34.7 Å². The Bertz CT molecular complexity index is 1820. The third-order valence-electron chi connectivity index (χ3n) is 17.1. The highest BCUT2D eigenvalue weighted by Crippen LogP contribution is 2.49. The predicted molar refractivity (Wildman–Crippen MR) is 308 cm³/mol. The van der Waals surface area contributed by atoms with Crippen molar-refractivity contribution in [2.24, 2.45) is 64.9 Å². The number of carboxylic acid groups (broad SMARTS) is 2. The number of amides is 1. The molecule has 0 aromatic rings. The van der Waals surface area contributed by atoms with E-state index in [-0.39, 0.29) is 43.5 Å². The molecular formula is C51H97N10O7P5. The smallest absolute Gasteiger partial charge is 0.323 e. The molecule has 0 radical (unpaired) electrons. The summed E-state index contributed by atoms with van der Waals surface area (Å²) in [7, 11) is 14.2. The van der Waals surface area contributed by atoms with Gasteiger partial charge in [0.25, 0.3) is 0 Å². The number of carbonyl (C=O) groups is 4. The highest BCUT2D eigenvalue weighted by molar-refractivity contribution is 7.34. The van der Waals surface area contributed by atoms with Gasteiger partial charge in [0.2, 0.25) is 5.91 Å². The summed E-state index contributed by atoms with van der Waals surface area (Å²) in [5, 5.41) is 41.3. The third-order valence-corrected chi connectivity index (χ3v) is 21.0. The summed E-state index contributed by atoms with van der Waals surface area (Å²) in [4.78, 5) is 50.3. The Hall–Kier alpha value is -1.27. The summed E-state index contributed by atoms with van der Waals surface area (Å²) in [5.41, 5.74) is 3.87. The molecule has 73 heavy (non-hydrogen) atoms. The van der Waals surface area contributed by atoms with Crippen LogP contribution in [0.25, 0.3) is 0 Å². The summed E-state index contributed by atoms with van der Waals surface area (Å²) in [6.45, 7) is 17.7. The summed E-state index contributed by atoms with van der Waals surface area (Å²) >= 11 is 0. The van der Waals surface area contributed by atoms with Crippen molar-refractivity contribution < 1.29 is 34.1 Å². The van der Waals surface area contributed by atoms with E-state index in [0.717, 1.165) is 130 Å². The number of carboxylic acids is 2. The first-order chi connectivity index (χ1) is 34.0. The van der Waals surface area contributed by atoms with Crippen LogP contribution in [-0.4, -0.2) is 186 Å². The lowest BCUT2D eigenvalue weighted by Gasteiger charge is -2.32. The van der Waals surface area contributed by atoms with Crippen molar-refractivity contribution in [3.63, 3.8) is 0 Å². The molecule has 10 fully saturated rings. The summed E-state index contributed by atoms with van der Waals surface area (Å²) in [6, 6.07) is 5.02. The Morgan fingerprint density at radius 3 is 1.45 bits per heavy atom. The molecule has 10 aliphatic rings. The lowest BCUT2D eigenvalue weighted by Crippen LogP contribution is -2.47. The molecule has 5 aliphatic heterocycles. The number of ether oxygens (including phenoxy) is 1. The molecule has 19 atom stereocenters. The second kappa shape index (κ2) is 30.8. The van der Waals surface area contributed by atoms with Crippen LogP contribution >= 0.6 is 45.2 Å². The Morgan fingerprint density at radius 1 is 0.658 bits per heavy atom. The maximum absolute atomic E-state index is 11.4. The van der Waals surface area contributed by atoms with E-state index in [4.69, 9.17) is 31.2 Å². The molecule has 0 aromatic carbocycles. The highest BCUT2D eigenvalue weighted by Gasteiger charge is 2.49. The zero-order valence-corrected chi connectivity index (χ0v) is 50.4. The summed E-state index contributed by atoms with van der Waals surface area (Å²) in [6.07, 6.45) is 15.3. The van der Waals surface area contributed by atoms with Gasteiger partial charge in [0, 0.05) is 38.5 Å². The number of fused-ring (bicyclic) bond motifs is 5. The normalized spacial score (nSPS) is 34.0. The number of piperidine rings is 5. The number of carbonyl (C=O) groups excluding carboxylic acids is 2. The molecule has 17 nitrogen and oxygen atoms in total. The van der Waals surface area contributed by atoms with Crippen LogP contribution in [0.3, 0.4) is 0 Å². The number of esters is 1. The zero-order valence-electron chi connectivity index (χ0n) is 44.9. The van der Waals surface area contributed by atoms with Gasteiger partial charge in [-0.1, -0.05) is 24.9 Å². The molecule has 5 aliphatic carbocycles. The standard InChI is InChI=1S/C9H16NO2P.C8H15N2OP.C8H13N2P.C7H10N2.2C6H14NO2P.C6H11N.CH4/c1-12-9(11)8-3-6-2-7(6)4-10(8)5-13;9-8(11)7-2-5-1-6(5)3-10(7)4-12;9-3-8-2-6-1-7(6)4-10(8)5-11;8-3-7-2-5-1-6(5)4-9-7;2*1-6(2,5(8)9)7(3)10-4;1-2-7-4-6-3-5(1)6;/h6-8H,2-5,13H2,1H3;5-7H,1-4,12H2,(H2,9,11);6-8H,1-2,4-5,11H2;5-7,9H,1-2,4H2;2*10H,1-4H3,(H,8,9);5-7H,1-4H2;1H4. The second-order valence-electron chi connectivity index (χ2n) is 22.6. The topological polar surface area (TPSA) is 232 Å². The Kier molecular flexibility index (Phi) is 27.8. The molecule has 1 amide bonds. The first kappa shape index (κ1) is 66.0. The maximum atomic E-state index is 11.4. The minimum Gasteiger partial charge on any atom is -0.480 e. The van der Waals surface area contributed by atoms with Crippen LogP contribution in [0.2, 0.25) is 0 Å². The number of nitrogens with one attached hydrogen (secondary N) is 2. The fourth-order valence-electron chi connectivity index (χ4n) is 10.4. The van der Waals surface area contributed by atoms with Crippen molar-refractivity contribution in [3.05, 3.63) is 0 Å². The van der Waals surface area contributed by atoms with Gasteiger partial charge in [0.05, 0.1) is 37.4 Å². The fourth-order valence-corrected chi connectivity index (χ4v) is 13.0. The number of nitriles is 2. The first-order valence-corrected chi connectivity index (χ1v) is 31.6. The zero-order chi connectivity index (χ0) is 53.7. The number of aliphatic carboxylic acids is 2. The van der Waals surface area contributed by atoms with Crippen LogP contribution in [0.1, 0.15) is 99.3 Å². The lowest BCUT2D eigenvalue weighted by molar-refractivity contribution is -0.148. The number of likely N-dealkylation sites (N-methyl/N-ethyl adjacent to an activating group) is 2. The third kappa shape index (κ3) is 20.2. The molecule has 0 bridgehead atoms. The van der Waals surface area contributed by atoms with Crippen LogP contribution in [0.4, 0.5) is 0 Å². The first-order valence-electron chi connectivity index (χ1n) is 26.3. The highest BCUT2D eigenvalue weighted by atomic mass is 31.1. The number of rotatable bonds is 11. The van der Waals surface area contributed by atoms with Crippen LogP contribution < -0.4 is 16.4 Å². The lowest BCUT2D eigenvalue weighted by atomic mass is 10.0. The summed E-state index contributed by atoms with van der Waals surface area (Å²) in [5.74, 6) is 7.45. The van der Waals surface area contributed by atoms with Gasteiger partial charge in [-0.15, -0.1) is 27.7 Å². The van der Waals surface area contributed by atoms with Crippen LogP contribution in [0, 0.1) is 81.8 Å². The Balaban J connectivity index is 0.000000226. The molecule has 0 spiro atoms. The Labute approximate surface area is 450 Å². The van der Waals surface area contributed by atoms with Crippen LogP contribution in [0.15, 0.2) is 0 Å². The fraction of sp³-hybridized carbons (Fsp3) is 0.882. The van der Waals surface area contributed by atoms with Crippen LogP contribution in [-0.2, 0) is 23.9 Å². The molecule has 0 aromatic heterocycles. The largest absolute Gasteiger partial charge is 0.480 e. The molecule has 5 heterocycles. The van der Waals surface area contributed by atoms with E-state index in [1.165, 1.54) is 58.7 Å². The number of nitrogens with two attached hydrogens (primary N) is 1. The molecule has 5 saturated heterocycles. The number of hydrogen-bond donors (Lipinski definition) is 5. The molecule has 418 valence electrons. The van der Waals surface area contributed by atoms with Gasteiger partial charge in [0.1, 0.15) is 17.1 Å². The number of nitrogens with zero attached hydrogens (tertiary/aromatic N) is 7. The number of hydrogen-bond acceptors (Lipinski definition) is 14. The van der Waals surface area contributed by atoms with Crippen molar-refractivity contribution in [2.75, 3.05) is 92.7 Å². The Morgan fingerprint density at radius 2 is 1.08 bits per heavy atom. The van der Waals surface area contributed by atoms with Gasteiger partial charge in [-0.3, -0.25) is 43.2 Å². The van der Waals surface area contributed by atoms with E-state index in [0.29, 0.717) is 17.5 Å². The van der Waals surface area contributed by atoms with E-state index in [2.05, 4.69) is 65.2 Å². The second-order valence-corrected chi connectivity index (χ2v) is 25.9. The van der Waals surface area contributed by atoms with Gasteiger partial charge in [-0.05, 0) is 198 Å². The quantitative estimate of drug-likeness (QED) is 0.126. The average Bonchev–Trinajstić information content (AvgIpc) is 4.15. The van der Waals surface area contributed by atoms with Crippen molar-refractivity contribution >= 4 is 69.0 Å². The van der Waals surface area contributed by atoms with Gasteiger partial charge >= 0.3 is 17.9 Å².